The molecule has 24 heavy (non-hydrogen) atoms. The lowest BCUT2D eigenvalue weighted by atomic mass is 10.1. The molecule has 2 aromatic rings. The zero-order valence-corrected chi connectivity index (χ0v) is 13.6. The maximum Gasteiger partial charge on any atom is 0.165 e. The van der Waals surface area contributed by atoms with Gasteiger partial charge in [-0.05, 0) is 29.8 Å². The van der Waals surface area contributed by atoms with Crippen LogP contribution in [0.4, 0.5) is 10.2 Å². The SMILES string of the molecule is COc1ccc(CN2CCN(c3ncccc3C#N)CC2)cc1F. The lowest BCUT2D eigenvalue weighted by Gasteiger charge is -2.35. The van der Waals surface area contributed by atoms with Crippen molar-refractivity contribution in [1.82, 2.24) is 9.88 Å². The summed E-state index contributed by atoms with van der Waals surface area (Å²) in [6, 6.07) is 10.8. The first-order valence-corrected chi connectivity index (χ1v) is 7.86. The van der Waals surface area contributed by atoms with Crippen LogP contribution in [0.2, 0.25) is 0 Å². The molecule has 1 saturated heterocycles. The molecule has 0 aliphatic carbocycles. The van der Waals surface area contributed by atoms with Crippen LogP contribution in [0.15, 0.2) is 36.5 Å². The lowest BCUT2D eigenvalue weighted by Crippen LogP contribution is -2.46. The zero-order chi connectivity index (χ0) is 16.9. The lowest BCUT2D eigenvalue weighted by molar-refractivity contribution is 0.249. The van der Waals surface area contributed by atoms with Crippen LogP contribution in [-0.4, -0.2) is 43.2 Å². The zero-order valence-electron chi connectivity index (χ0n) is 13.6. The molecule has 1 fully saturated rings. The van der Waals surface area contributed by atoms with Gasteiger partial charge in [0.25, 0.3) is 0 Å². The second kappa shape index (κ2) is 7.28. The average Bonchev–Trinajstić information content (AvgIpc) is 2.62. The minimum Gasteiger partial charge on any atom is -0.494 e. The monoisotopic (exact) mass is 326 g/mol. The number of halogens is 1. The molecule has 1 aliphatic rings. The van der Waals surface area contributed by atoms with E-state index < -0.39 is 0 Å². The van der Waals surface area contributed by atoms with Gasteiger partial charge in [0.05, 0.1) is 12.7 Å². The Morgan fingerprint density at radius 1 is 1.25 bits per heavy atom. The van der Waals surface area contributed by atoms with Crippen LogP contribution in [0, 0.1) is 17.1 Å². The molecule has 124 valence electrons. The molecule has 0 unspecified atom stereocenters. The third-order valence-corrected chi connectivity index (χ3v) is 4.20. The van der Waals surface area contributed by atoms with Gasteiger partial charge < -0.3 is 9.64 Å². The highest BCUT2D eigenvalue weighted by Crippen LogP contribution is 2.21. The Bertz CT molecular complexity index is 751. The van der Waals surface area contributed by atoms with Crippen LogP contribution in [-0.2, 0) is 6.54 Å². The van der Waals surface area contributed by atoms with Crippen molar-refractivity contribution in [3.8, 4) is 11.8 Å². The normalized spacial score (nSPS) is 15.1. The van der Waals surface area contributed by atoms with Crippen molar-refractivity contribution >= 4 is 5.82 Å². The number of hydrogen-bond donors (Lipinski definition) is 0. The Hall–Kier alpha value is -2.65. The predicted octanol–water partition coefficient (Wildman–Crippen LogP) is 2.42. The number of nitrogens with zero attached hydrogens (tertiary/aromatic N) is 4. The quantitative estimate of drug-likeness (QED) is 0.864. The van der Waals surface area contributed by atoms with E-state index in [-0.39, 0.29) is 11.6 Å². The highest BCUT2D eigenvalue weighted by molar-refractivity contribution is 5.53. The van der Waals surface area contributed by atoms with E-state index in [1.165, 1.54) is 13.2 Å². The van der Waals surface area contributed by atoms with E-state index in [1.54, 1.807) is 24.4 Å². The number of hydrogen-bond acceptors (Lipinski definition) is 5. The average molecular weight is 326 g/mol. The maximum absolute atomic E-state index is 13.8. The standard InChI is InChI=1S/C18H19FN4O/c1-24-17-5-4-14(11-16(17)19)13-22-7-9-23(10-8-22)18-15(12-20)3-2-6-21-18/h2-6,11H,7-10,13H2,1H3. The van der Waals surface area contributed by atoms with E-state index in [2.05, 4.69) is 20.9 Å². The van der Waals surface area contributed by atoms with E-state index in [1.807, 2.05) is 6.07 Å². The molecule has 0 atom stereocenters. The van der Waals surface area contributed by atoms with Gasteiger partial charge >= 0.3 is 0 Å². The largest absolute Gasteiger partial charge is 0.494 e. The van der Waals surface area contributed by atoms with Crippen LogP contribution < -0.4 is 9.64 Å². The first kappa shape index (κ1) is 16.2. The molecule has 0 radical (unpaired) electrons. The molecule has 6 heteroatoms. The number of piperazine rings is 1. The number of nitriles is 1. The summed E-state index contributed by atoms with van der Waals surface area (Å²) in [5.74, 6) is 0.679. The molecule has 1 aliphatic heterocycles. The Balaban J connectivity index is 1.61. The van der Waals surface area contributed by atoms with Gasteiger partial charge in [-0.3, -0.25) is 4.90 Å². The van der Waals surface area contributed by atoms with Gasteiger partial charge in [-0.15, -0.1) is 0 Å². The van der Waals surface area contributed by atoms with Gasteiger partial charge in [0.2, 0.25) is 0 Å². The molecule has 0 bridgehead atoms. The molecule has 3 rings (SSSR count). The number of methoxy groups -OCH3 is 1. The van der Waals surface area contributed by atoms with Crippen LogP contribution in [0.3, 0.4) is 0 Å². The van der Waals surface area contributed by atoms with Crippen molar-refractivity contribution in [2.24, 2.45) is 0 Å². The Morgan fingerprint density at radius 2 is 2.04 bits per heavy atom. The van der Waals surface area contributed by atoms with Gasteiger partial charge in [-0.1, -0.05) is 6.07 Å². The molecule has 5 nitrogen and oxygen atoms in total. The highest BCUT2D eigenvalue weighted by atomic mass is 19.1. The van der Waals surface area contributed by atoms with Crippen molar-refractivity contribution in [1.29, 1.82) is 5.26 Å². The number of ether oxygens (including phenoxy) is 1. The van der Waals surface area contributed by atoms with Crippen molar-refractivity contribution in [2.45, 2.75) is 6.54 Å². The summed E-state index contributed by atoms with van der Waals surface area (Å²) < 4.78 is 18.7. The maximum atomic E-state index is 13.8. The molecule has 0 amide bonds. The molecular weight excluding hydrogens is 307 g/mol. The van der Waals surface area contributed by atoms with Crippen molar-refractivity contribution in [3.05, 3.63) is 53.5 Å². The number of aromatic nitrogens is 1. The molecule has 1 aromatic carbocycles. The van der Waals surface area contributed by atoms with Gasteiger partial charge in [-0.2, -0.15) is 5.26 Å². The molecule has 2 heterocycles. The fraction of sp³-hybridized carbons (Fsp3) is 0.333. The Kier molecular flexibility index (Phi) is 4.92. The molecular formula is C18H19FN4O. The summed E-state index contributed by atoms with van der Waals surface area (Å²) in [4.78, 5) is 8.73. The van der Waals surface area contributed by atoms with Crippen LogP contribution in [0.1, 0.15) is 11.1 Å². The molecule has 0 spiro atoms. The highest BCUT2D eigenvalue weighted by Gasteiger charge is 2.20. The van der Waals surface area contributed by atoms with E-state index in [0.29, 0.717) is 12.1 Å². The molecule has 0 N–H and O–H groups in total. The van der Waals surface area contributed by atoms with Gasteiger partial charge in [0, 0.05) is 38.9 Å². The number of benzene rings is 1. The number of rotatable bonds is 4. The van der Waals surface area contributed by atoms with Crippen LogP contribution in [0.25, 0.3) is 0 Å². The van der Waals surface area contributed by atoms with Gasteiger partial charge in [0.15, 0.2) is 11.6 Å². The fourth-order valence-corrected chi connectivity index (χ4v) is 2.92. The van der Waals surface area contributed by atoms with E-state index in [4.69, 9.17) is 4.74 Å². The summed E-state index contributed by atoms with van der Waals surface area (Å²) in [7, 11) is 1.46. The summed E-state index contributed by atoms with van der Waals surface area (Å²) >= 11 is 0. The second-order valence-corrected chi connectivity index (χ2v) is 5.72. The molecule has 1 aromatic heterocycles. The third kappa shape index (κ3) is 3.47. The van der Waals surface area contributed by atoms with Gasteiger partial charge in [0.1, 0.15) is 11.9 Å². The van der Waals surface area contributed by atoms with Crippen molar-refractivity contribution in [2.75, 3.05) is 38.2 Å². The van der Waals surface area contributed by atoms with E-state index in [9.17, 15) is 9.65 Å². The summed E-state index contributed by atoms with van der Waals surface area (Å²) in [5.41, 5.74) is 1.53. The van der Waals surface area contributed by atoms with Crippen molar-refractivity contribution < 1.29 is 9.13 Å². The van der Waals surface area contributed by atoms with Crippen molar-refractivity contribution in [3.63, 3.8) is 0 Å². The molecule has 0 saturated carbocycles. The summed E-state index contributed by atoms with van der Waals surface area (Å²) in [6.45, 7) is 3.97. The van der Waals surface area contributed by atoms with Gasteiger partial charge in [-0.25, -0.2) is 9.37 Å². The predicted molar refractivity (Wildman–Crippen MR) is 89.4 cm³/mol. The van der Waals surface area contributed by atoms with E-state index in [0.717, 1.165) is 37.6 Å². The minimum absolute atomic E-state index is 0.266. The smallest absolute Gasteiger partial charge is 0.165 e. The first-order valence-electron chi connectivity index (χ1n) is 7.86. The first-order chi connectivity index (χ1) is 11.7. The second-order valence-electron chi connectivity index (χ2n) is 5.72. The van der Waals surface area contributed by atoms with Crippen LogP contribution >= 0.6 is 0 Å². The fourth-order valence-electron chi connectivity index (χ4n) is 2.92. The van der Waals surface area contributed by atoms with E-state index >= 15 is 0 Å². The number of anilines is 1. The van der Waals surface area contributed by atoms with Crippen LogP contribution in [0.5, 0.6) is 5.75 Å². The topological polar surface area (TPSA) is 52.4 Å². The third-order valence-electron chi connectivity index (χ3n) is 4.20. The minimum atomic E-state index is -0.333. The summed E-state index contributed by atoms with van der Waals surface area (Å²) in [5, 5.41) is 9.19. The Labute approximate surface area is 140 Å². The summed E-state index contributed by atoms with van der Waals surface area (Å²) in [6.07, 6.45) is 1.71. The Morgan fingerprint density at radius 3 is 2.71 bits per heavy atom. The number of pyridine rings is 1.